The third-order valence-corrected chi connectivity index (χ3v) is 6.79. The maximum Gasteiger partial charge on any atom is 0.153 e. The van der Waals surface area contributed by atoms with E-state index in [1.54, 1.807) is 20.0 Å². The van der Waals surface area contributed by atoms with E-state index in [0.29, 0.717) is 6.42 Å². The molecule has 0 aliphatic carbocycles. The Morgan fingerprint density at radius 2 is 2.06 bits per heavy atom. The van der Waals surface area contributed by atoms with Gasteiger partial charge < -0.3 is 0 Å². The van der Waals surface area contributed by atoms with E-state index in [1.807, 2.05) is 18.2 Å². The number of halogens is 1. The number of alkyl halides is 1. The van der Waals surface area contributed by atoms with Crippen molar-refractivity contribution in [1.82, 2.24) is 4.98 Å². The summed E-state index contributed by atoms with van der Waals surface area (Å²) in [4.78, 5) is 4.04. The predicted molar refractivity (Wildman–Crippen MR) is 69.6 cm³/mol. The molecule has 1 aromatic heterocycles. The molecule has 0 spiro atoms. The Hall–Kier alpha value is -0.420. The lowest BCUT2D eigenvalue weighted by Gasteiger charge is -2.28. The van der Waals surface area contributed by atoms with Crippen LogP contribution in [0.2, 0.25) is 0 Å². The summed E-state index contributed by atoms with van der Waals surface area (Å²) >= 11 is 3.45. The van der Waals surface area contributed by atoms with Crippen LogP contribution in [0.4, 0.5) is 0 Å². The first-order valence-corrected chi connectivity index (χ1v) is 7.79. The lowest BCUT2D eigenvalue weighted by atomic mass is 10.0. The van der Waals surface area contributed by atoms with Crippen LogP contribution in [0.5, 0.6) is 0 Å². The molecule has 5 heteroatoms. The van der Waals surface area contributed by atoms with Crippen molar-refractivity contribution in [3.05, 3.63) is 30.1 Å². The third-order valence-electron chi connectivity index (χ3n) is 2.82. The van der Waals surface area contributed by atoms with Crippen LogP contribution in [0, 0.1) is 0 Å². The monoisotopic (exact) mass is 305 g/mol. The van der Waals surface area contributed by atoms with E-state index in [9.17, 15) is 8.42 Å². The van der Waals surface area contributed by atoms with Crippen molar-refractivity contribution >= 4 is 25.8 Å². The topological polar surface area (TPSA) is 47.0 Å². The molecule has 1 heterocycles. The van der Waals surface area contributed by atoms with Gasteiger partial charge in [0.1, 0.15) is 0 Å². The van der Waals surface area contributed by atoms with Crippen molar-refractivity contribution in [2.45, 2.75) is 29.8 Å². The van der Waals surface area contributed by atoms with Crippen LogP contribution < -0.4 is 0 Å². The summed E-state index contributed by atoms with van der Waals surface area (Å²) < 4.78 is 22.5. The summed E-state index contributed by atoms with van der Waals surface area (Å²) in [7, 11) is -3.10. The molecule has 1 rings (SSSR count). The fraction of sp³-hybridized carbons (Fsp3) is 0.545. The molecule has 1 unspecified atom stereocenters. The van der Waals surface area contributed by atoms with Gasteiger partial charge in [-0.3, -0.25) is 4.98 Å². The van der Waals surface area contributed by atoms with Crippen LogP contribution in [0.25, 0.3) is 0 Å². The van der Waals surface area contributed by atoms with E-state index in [2.05, 4.69) is 20.9 Å². The van der Waals surface area contributed by atoms with E-state index in [4.69, 9.17) is 0 Å². The van der Waals surface area contributed by atoms with Gasteiger partial charge in [0.2, 0.25) is 0 Å². The molecule has 90 valence electrons. The molecule has 0 aliphatic heterocycles. The van der Waals surface area contributed by atoms with Gasteiger partial charge in [-0.05, 0) is 26.0 Å². The molecule has 0 radical (unpaired) electrons. The molecule has 0 bridgehead atoms. The second-order valence-corrected chi connectivity index (χ2v) is 8.07. The van der Waals surface area contributed by atoms with Crippen molar-refractivity contribution < 1.29 is 8.42 Å². The number of hydrogen-bond donors (Lipinski definition) is 0. The van der Waals surface area contributed by atoms with Crippen molar-refractivity contribution in [3.63, 3.8) is 0 Å². The van der Waals surface area contributed by atoms with Gasteiger partial charge in [-0.1, -0.05) is 22.0 Å². The fourth-order valence-electron chi connectivity index (χ4n) is 1.18. The summed E-state index contributed by atoms with van der Waals surface area (Å²) in [5, 5.41) is 0. The van der Waals surface area contributed by atoms with Crippen LogP contribution in [-0.4, -0.2) is 29.2 Å². The second-order valence-electron chi connectivity index (χ2n) is 4.37. The van der Waals surface area contributed by atoms with Crippen molar-refractivity contribution in [1.29, 1.82) is 0 Å². The number of aromatic nitrogens is 1. The highest BCUT2D eigenvalue weighted by atomic mass is 79.9. The van der Waals surface area contributed by atoms with E-state index in [0.717, 1.165) is 5.69 Å². The lowest BCUT2D eigenvalue weighted by Crippen LogP contribution is -2.41. The van der Waals surface area contributed by atoms with Crippen molar-refractivity contribution in [2.75, 3.05) is 6.26 Å². The van der Waals surface area contributed by atoms with Crippen molar-refractivity contribution in [2.24, 2.45) is 0 Å². The Balaban J connectivity index is 2.85. The molecular formula is C11H16BrNO2S. The van der Waals surface area contributed by atoms with Crippen LogP contribution in [0.3, 0.4) is 0 Å². The van der Waals surface area contributed by atoms with Crippen LogP contribution >= 0.6 is 15.9 Å². The number of hydrogen-bond acceptors (Lipinski definition) is 3. The molecule has 0 saturated carbocycles. The van der Waals surface area contributed by atoms with Gasteiger partial charge in [0.15, 0.2) is 9.84 Å². The average Bonchev–Trinajstić information content (AvgIpc) is 2.17. The molecule has 0 aliphatic rings. The van der Waals surface area contributed by atoms with Gasteiger partial charge >= 0.3 is 0 Å². The normalized spacial score (nSPS) is 14.8. The fourth-order valence-corrected chi connectivity index (χ4v) is 3.08. The zero-order valence-corrected chi connectivity index (χ0v) is 12.0. The summed E-state index contributed by atoms with van der Waals surface area (Å²) in [6.07, 6.45) is 3.57. The highest BCUT2D eigenvalue weighted by Crippen LogP contribution is 2.28. The van der Waals surface area contributed by atoms with Gasteiger partial charge in [0, 0.05) is 29.4 Å². The second kappa shape index (κ2) is 4.84. The van der Waals surface area contributed by atoms with Crippen LogP contribution in [0.15, 0.2) is 24.4 Å². The summed E-state index contributed by atoms with van der Waals surface area (Å²) in [6, 6.07) is 5.64. The Morgan fingerprint density at radius 3 is 2.50 bits per heavy atom. The minimum absolute atomic E-state index is 0.148. The highest BCUT2D eigenvalue weighted by Gasteiger charge is 2.37. The largest absolute Gasteiger partial charge is 0.261 e. The first-order chi connectivity index (χ1) is 7.25. The molecule has 0 aromatic carbocycles. The number of rotatable bonds is 4. The minimum atomic E-state index is -3.10. The molecule has 16 heavy (non-hydrogen) atoms. The molecule has 1 aromatic rings. The van der Waals surface area contributed by atoms with Gasteiger partial charge in [0.05, 0.1) is 4.75 Å². The van der Waals surface area contributed by atoms with Gasteiger partial charge in [0.25, 0.3) is 0 Å². The van der Waals surface area contributed by atoms with Crippen LogP contribution in [-0.2, 0) is 16.3 Å². The van der Waals surface area contributed by atoms with Crippen LogP contribution in [0.1, 0.15) is 19.5 Å². The molecule has 3 nitrogen and oxygen atoms in total. The van der Waals surface area contributed by atoms with Gasteiger partial charge in [-0.15, -0.1) is 0 Å². The standard InChI is InChI=1S/C11H16BrNO2S/c1-11(2,16(3,14)15)10(12)8-9-6-4-5-7-13-9/h4-7,10H,8H2,1-3H3. The smallest absolute Gasteiger partial charge is 0.153 e. The maximum atomic E-state index is 11.6. The van der Waals surface area contributed by atoms with Gasteiger partial charge in [-0.25, -0.2) is 8.42 Å². The highest BCUT2D eigenvalue weighted by molar-refractivity contribution is 9.09. The summed E-state index contributed by atoms with van der Waals surface area (Å²) in [5.74, 6) is 0. The summed E-state index contributed by atoms with van der Waals surface area (Å²) in [6.45, 7) is 3.45. The Morgan fingerprint density at radius 1 is 1.44 bits per heavy atom. The van der Waals surface area contributed by atoms with E-state index >= 15 is 0 Å². The van der Waals surface area contributed by atoms with E-state index in [1.165, 1.54) is 6.26 Å². The third kappa shape index (κ3) is 3.04. The number of nitrogens with zero attached hydrogens (tertiary/aromatic N) is 1. The van der Waals surface area contributed by atoms with Crippen molar-refractivity contribution in [3.8, 4) is 0 Å². The Bertz CT molecular complexity index is 442. The zero-order chi connectivity index (χ0) is 12.4. The number of pyridine rings is 1. The average molecular weight is 306 g/mol. The number of sulfone groups is 1. The maximum absolute atomic E-state index is 11.6. The molecule has 0 N–H and O–H groups in total. The molecule has 0 saturated heterocycles. The predicted octanol–water partition coefficient (Wildman–Crippen LogP) is 2.21. The summed E-state index contributed by atoms with van der Waals surface area (Å²) in [5.41, 5.74) is 0.890. The first-order valence-electron chi connectivity index (χ1n) is 4.98. The Kier molecular flexibility index (Phi) is 4.12. The molecule has 0 fully saturated rings. The quantitative estimate of drug-likeness (QED) is 0.801. The lowest BCUT2D eigenvalue weighted by molar-refractivity contribution is 0.541. The molecule has 0 amide bonds. The minimum Gasteiger partial charge on any atom is -0.261 e. The SMILES string of the molecule is CC(C)(C(Br)Cc1ccccn1)S(C)(=O)=O. The Labute approximate surface area is 105 Å². The van der Waals surface area contributed by atoms with E-state index in [-0.39, 0.29) is 4.83 Å². The first kappa shape index (κ1) is 13.6. The molecular weight excluding hydrogens is 290 g/mol. The molecule has 1 atom stereocenters. The van der Waals surface area contributed by atoms with E-state index < -0.39 is 14.6 Å². The van der Waals surface area contributed by atoms with Gasteiger partial charge in [-0.2, -0.15) is 0 Å². The zero-order valence-electron chi connectivity index (χ0n) is 9.64.